The van der Waals surface area contributed by atoms with Gasteiger partial charge in [-0.05, 0) is 25.1 Å². The van der Waals surface area contributed by atoms with E-state index in [0.717, 1.165) is 5.56 Å². The van der Waals surface area contributed by atoms with Crippen LogP contribution < -0.4 is 4.74 Å². The molecule has 126 valence electrons. The molecule has 0 amide bonds. The van der Waals surface area contributed by atoms with E-state index >= 15 is 0 Å². The Kier molecular flexibility index (Phi) is 4.78. The maximum atomic E-state index is 13.2. The Morgan fingerprint density at radius 1 is 1.21 bits per heavy atom. The molecule has 0 aliphatic carbocycles. The van der Waals surface area contributed by atoms with Gasteiger partial charge >= 0.3 is 0 Å². The van der Waals surface area contributed by atoms with E-state index in [9.17, 15) is 8.42 Å². The van der Waals surface area contributed by atoms with Crippen LogP contribution in [-0.4, -0.2) is 38.3 Å². The Morgan fingerprint density at radius 3 is 2.67 bits per heavy atom. The van der Waals surface area contributed by atoms with Crippen LogP contribution in [0.15, 0.2) is 58.4 Å². The minimum absolute atomic E-state index is 0.0578. The Balaban J connectivity index is 2.05. The average Bonchev–Trinajstić information content (AvgIpc) is 3.08. The third-order valence-electron chi connectivity index (χ3n) is 3.61. The summed E-state index contributed by atoms with van der Waals surface area (Å²) in [6.45, 7) is 2.89. The third kappa shape index (κ3) is 3.12. The molecule has 2 aromatic rings. The second kappa shape index (κ2) is 6.83. The molecule has 1 heterocycles. The van der Waals surface area contributed by atoms with E-state index < -0.39 is 10.0 Å². The zero-order valence-electron chi connectivity index (χ0n) is 13.1. The predicted octanol–water partition coefficient (Wildman–Crippen LogP) is 3.19. The van der Waals surface area contributed by atoms with Gasteiger partial charge in [-0.1, -0.05) is 41.9 Å². The van der Waals surface area contributed by atoms with Gasteiger partial charge in [0.2, 0.25) is 0 Å². The minimum Gasteiger partial charge on any atom is -0.492 e. The molecule has 0 spiro atoms. The van der Waals surface area contributed by atoms with Crippen LogP contribution in [0.5, 0.6) is 5.75 Å². The van der Waals surface area contributed by atoms with Crippen LogP contribution in [0, 0.1) is 0 Å². The van der Waals surface area contributed by atoms with Crippen molar-refractivity contribution in [1.82, 2.24) is 4.31 Å². The molecule has 0 fully saturated rings. The highest BCUT2D eigenvalue weighted by Crippen LogP contribution is 2.31. The highest BCUT2D eigenvalue weighted by atomic mass is 35.5. The van der Waals surface area contributed by atoms with Crippen molar-refractivity contribution in [3.63, 3.8) is 0 Å². The highest BCUT2D eigenvalue weighted by Gasteiger charge is 2.33. The van der Waals surface area contributed by atoms with Crippen LogP contribution >= 0.6 is 11.6 Å². The number of amidine groups is 1. The van der Waals surface area contributed by atoms with E-state index in [0.29, 0.717) is 36.3 Å². The Hall–Kier alpha value is -2.05. The fourth-order valence-electron chi connectivity index (χ4n) is 2.56. The first-order chi connectivity index (χ1) is 11.5. The Bertz CT molecular complexity index is 867. The van der Waals surface area contributed by atoms with Crippen LogP contribution in [0.25, 0.3) is 0 Å². The molecule has 0 radical (unpaired) electrons. The van der Waals surface area contributed by atoms with Gasteiger partial charge in [0.25, 0.3) is 10.0 Å². The summed E-state index contributed by atoms with van der Waals surface area (Å²) in [5.74, 6) is 0.735. The van der Waals surface area contributed by atoms with Gasteiger partial charge in [-0.3, -0.25) is 4.99 Å². The molecule has 0 bridgehead atoms. The van der Waals surface area contributed by atoms with Crippen molar-refractivity contribution in [2.45, 2.75) is 11.8 Å². The zero-order valence-corrected chi connectivity index (χ0v) is 14.7. The zero-order chi connectivity index (χ0) is 17.2. The lowest BCUT2D eigenvalue weighted by atomic mass is 10.2. The van der Waals surface area contributed by atoms with Gasteiger partial charge < -0.3 is 4.74 Å². The van der Waals surface area contributed by atoms with Gasteiger partial charge in [-0.25, -0.2) is 12.7 Å². The second-order valence-corrected chi connectivity index (χ2v) is 7.44. The molecule has 0 saturated carbocycles. The molecule has 5 nitrogen and oxygen atoms in total. The number of benzene rings is 2. The van der Waals surface area contributed by atoms with E-state index in [1.165, 1.54) is 10.4 Å². The lowest BCUT2D eigenvalue weighted by Gasteiger charge is -2.22. The van der Waals surface area contributed by atoms with E-state index in [-0.39, 0.29) is 4.90 Å². The predicted molar refractivity (Wildman–Crippen MR) is 94.4 cm³/mol. The molecule has 24 heavy (non-hydrogen) atoms. The van der Waals surface area contributed by atoms with E-state index in [1.54, 1.807) is 19.1 Å². The topological polar surface area (TPSA) is 59.0 Å². The first kappa shape index (κ1) is 16.8. The van der Waals surface area contributed by atoms with Crippen molar-refractivity contribution in [1.29, 1.82) is 0 Å². The normalized spacial score (nSPS) is 14.6. The van der Waals surface area contributed by atoms with E-state index in [2.05, 4.69) is 4.99 Å². The van der Waals surface area contributed by atoms with Crippen molar-refractivity contribution in [2.24, 2.45) is 4.99 Å². The first-order valence-corrected chi connectivity index (χ1v) is 9.41. The van der Waals surface area contributed by atoms with Gasteiger partial charge in [-0.15, -0.1) is 0 Å². The summed E-state index contributed by atoms with van der Waals surface area (Å²) in [7, 11) is -3.82. The average molecular weight is 365 g/mol. The molecule has 1 aliphatic heterocycles. The standard InChI is InChI=1S/C17H17ClN2O3S/c1-2-23-15-9-8-14(18)12-16(15)24(21,22)20-11-10-19-17(20)13-6-4-3-5-7-13/h3-9,12H,2,10-11H2,1H3. The maximum absolute atomic E-state index is 13.2. The molecular formula is C17H17ClN2O3S. The first-order valence-electron chi connectivity index (χ1n) is 7.59. The number of hydrogen-bond donors (Lipinski definition) is 0. The number of sulfonamides is 1. The number of halogens is 1. The molecule has 1 aliphatic rings. The molecule has 0 atom stereocenters. The van der Waals surface area contributed by atoms with E-state index in [4.69, 9.17) is 16.3 Å². The summed E-state index contributed by atoms with van der Waals surface area (Å²) in [4.78, 5) is 4.42. The molecule has 0 saturated heterocycles. The quantitative estimate of drug-likeness (QED) is 0.818. The van der Waals surface area contributed by atoms with Crippen LogP contribution in [0.2, 0.25) is 5.02 Å². The summed E-state index contributed by atoms with van der Waals surface area (Å²) >= 11 is 6.01. The van der Waals surface area contributed by atoms with Gasteiger partial charge in [0.15, 0.2) is 0 Å². The molecule has 2 aromatic carbocycles. The fraction of sp³-hybridized carbons (Fsp3) is 0.235. The summed E-state index contributed by atoms with van der Waals surface area (Å²) in [5.41, 5.74) is 0.763. The summed E-state index contributed by atoms with van der Waals surface area (Å²) in [6.07, 6.45) is 0. The van der Waals surface area contributed by atoms with Gasteiger partial charge in [0, 0.05) is 10.6 Å². The number of ether oxygens (including phenoxy) is 1. The maximum Gasteiger partial charge on any atom is 0.269 e. The monoisotopic (exact) mass is 364 g/mol. The second-order valence-electron chi connectivity index (χ2n) is 5.17. The van der Waals surface area contributed by atoms with Crippen LogP contribution in [-0.2, 0) is 10.0 Å². The summed E-state index contributed by atoms with van der Waals surface area (Å²) in [6, 6.07) is 13.9. The molecule has 0 N–H and O–H groups in total. The largest absolute Gasteiger partial charge is 0.492 e. The van der Waals surface area contributed by atoms with Gasteiger partial charge in [0.1, 0.15) is 16.5 Å². The van der Waals surface area contributed by atoms with Crippen molar-refractivity contribution in [3.8, 4) is 5.75 Å². The smallest absolute Gasteiger partial charge is 0.269 e. The Labute approximate surface area is 146 Å². The van der Waals surface area contributed by atoms with Crippen LogP contribution in [0.3, 0.4) is 0 Å². The fourth-order valence-corrected chi connectivity index (χ4v) is 4.41. The SMILES string of the molecule is CCOc1ccc(Cl)cc1S(=O)(=O)N1CCN=C1c1ccccc1. The molecule has 3 rings (SSSR count). The third-order valence-corrected chi connectivity index (χ3v) is 5.65. The molecule has 0 aromatic heterocycles. The minimum atomic E-state index is -3.82. The van der Waals surface area contributed by atoms with Gasteiger partial charge in [-0.2, -0.15) is 0 Å². The highest BCUT2D eigenvalue weighted by molar-refractivity contribution is 7.89. The van der Waals surface area contributed by atoms with Gasteiger partial charge in [0.05, 0.1) is 19.7 Å². The summed E-state index contributed by atoms with van der Waals surface area (Å²) < 4.78 is 33.1. The van der Waals surface area contributed by atoms with Crippen molar-refractivity contribution < 1.29 is 13.2 Å². The number of hydrogen-bond acceptors (Lipinski definition) is 4. The Morgan fingerprint density at radius 2 is 1.96 bits per heavy atom. The van der Waals surface area contributed by atoms with Crippen molar-refractivity contribution >= 4 is 27.5 Å². The molecular weight excluding hydrogens is 348 g/mol. The molecule has 7 heteroatoms. The summed E-state index contributed by atoms with van der Waals surface area (Å²) in [5, 5.41) is 0.342. The van der Waals surface area contributed by atoms with Crippen LogP contribution in [0.4, 0.5) is 0 Å². The lowest BCUT2D eigenvalue weighted by molar-refractivity contribution is 0.330. The van der Waals surface area contributed by atoms with E-state index in [1.807, 2.05) is 30.3 Å². The number of nitrogens with zero attached hydrogens (tertiary/aromatic N) is 2. The van der Waals surface area contributed by atoms with Crippen molar-refractivity contribution in [3.05, 3.63) is 59.1 Å². The number of aliphatic imine (C=N–C) groups is 1. The lowest BCUT2D eigenvalue weighted by Crippen LogP contribution is -2.35. The number of rotatable bonds is 5. The van der Waals surface area contributed by atoms with Crippen molar-refractivity contribution in [2.75, 3.05) is 19.7 Å². The van der Waals surface area contributed by atoms with Crippen LogP contribution in [0.1, 0.15) is 12.5 Å². The molecule has 0 unspecified atom stereocenters.